The van der Waals surface area contributed by atoms with Gasteiger partial charge in [0.2, 0.25) is 5.91 Å². The minimum atomic E-state index is -0.577. The van der Waals surface area contributed by atoms with E-state index in [0.717, 1.165) is 6.08 Å². The SMILES string of the molecule is C=CC(=O)Nc1ccc(C(=O)OCC(C)=O)cc1. The molecule has 0 fully saturated rings. The Bertz CT molecular complexity index is 476. The number of ketones is 1. The molecule has 1 rings (SSSR count). The largest absolute Gasteiger partial charge is 0.454 e. The van der Waals surface area contributed by atoms with Gasteiger partial charge in [-0.1, -0.05) is 6.58 Å². The Hall–Kier alpha value is -2.43. The van der Waals surface area contributed by atoms with Crippen molar-refractivity contribution in [1.29, 1.82) is 0 Å². The Kier molecular flexibility index (Phi) is 4.80. The number of hydrogen-bond acceptors (Lipinski definition) is 4. The normalized spacial score (nSPS) is 9.39. The van der Waals surface area contributed by atoms with E-state index in [1.165, 1.54) is 19.1 Å². The first kappa shape index (κ1) is 13.6. The Labute approximate surface area is 104 Å². The molecule has 0 atom stereocenters. The number of Topliss-reactive ketones (excluding diaryl/α,β-unsaturated/α-hetero) is 1. The summed E-state index contributed by atoms with van der Waals surface area (Å²) in [6, 6.07) is 6.12. The molecule has 1 aromatic carbocycles. The van der Waals surface area contributed by atoms with Gasteiger partial charge >= 0.3 is 5.97 Å². The zero-order valence-electron chi connectivity index (χ0n) is 9.93. The molecule has 0 aliphatic heterocycles. The van der Waals surface area contributed by atoms with Crippen LogP contribution in [0.3, 0.4) is 0 Å². The lowest BCUT2D eigenvalue weighted by Gasteiger charge is -2.04. The lowest BCUT2D eigenvalue weighted by molar-refractivity contribution is -0.120. The number of hydrogen-bond donors (Lipinski definition) is 1. The van der Waals surface area contributed by atoms with Gasteiger partial charge in [0.25, 0.3) is 0 Å². The number of esters is 1. The average molecular weight is 247 g/mol. The molecule has 0 aliphatic carbocycles. The minimum absolute atomic E-state index is 0.224. The minimum Gasteiger partial charge on any atom is -0.454 e. The Morgan fingerprint density at radius 3 is 2.39 bits per heavy atom. The highest BCUT2D eigenvalue weighted by Crippen LogP contribution is 2.10. The number of amides is 1. The van der Waals surface area contributed by atoms with Gasteiger partial charge in [-0.15, -0.1) is 0 Å². The van der Waals surface area contributed by atoms with Gasteiger partial charge in [0.1, 0.15) is 6.61 Å². The summed E-state index contributed by atoms with van der Waals surface area (Å²) >= 11 is 0. The number of carbonyl (C=O) groups excluding carboxylic acids is 3. The third kappa shape index (κ3) is 4.21. The van der Waals surface area contributed by atoms with Crippen LogP contribution in [0.15, 0.2) is 36.9 Å². The summed E-state index contributed by atoms with van der Waals surface area (Å²) in [6.45, 7) is 4.42. The Morgan fingerprint density at radius 1 is 1.28 bits per heavy atom. The van der Waals surface area contributed by atoms with Crippen LogP contribution in [0.4, 0.5) is 5.69 Å². The lowest BCUT2D eigenvalue weighted by atomic mass is 10.2. The fourth-order valence-corrected chi connectivity index (χ4v) is 1.13. The van der Waals surface area contributed by atoms with Crippen LogP contribution in [-0.2, 0) is 14.3 Å². The van der Waals surface area contributed by atoms with Crippen LogP contribution in [0.2, 0.25) is 0 Å². The molecule has 5 heteroatoms. The van der Waals surface area contributed by atoms with Gasteiger partial charge in [-0.05, 0) is 37.3 Å². The third-order valence-electron chi connectivity index (χ3n) is 1.98. The van der Waals surface area contributed by atoms with Crippen LogP contribution < -0.4 is 5.32 Å². The smallest absolute Gasteiger partial charge is 0.338 e. The molecule has 0 radical (unpaired) electrons. The number of ether oxygens (including phenoxy) is 1. The van der Waals surface area contributed by atoms with Gasteiger partial charge in [-0.25, -0.2) is 4.79 Å². The van der Waals surface area contributed by atoms with E-state index in [1.807, 2.05) is 0 Å². The van der Waals surface area contributed by atoms with Crippen molar-refractivity contribution in [3.05, 3.63) is 42.5 Å². The zero-order chi connectivity index (χ0) is 13.5. The van der Waals surface area contributed by atoms with Crippen LogP contribution >= 0.6 is 0 Å². The summed E-state index contributed by atoms with van der Waals surface area (Å²) in [5.74, 6) is -1.13. The second-order valence-corrected chi connectivity index (χ2v) is 3.55. The summed E-state index contributed by atoms with van der Waals surface area (Å²) in [5.41, 5.74) is 0.857. The first-order chi connectivity index (χ1) is 8.52. The van der Waals surface area contributed by atoms with E-state index < -0.39 is 5.97 Å². The molecule has 0 spiro atoms. The number of benzene rings is 1. The van der Waals surface area contributed by atoms with E-state index in [0.29, 0.717) is 11.3 Å². The van der Waals surface area contributed by atoms with Crippen LogP contribution in [0.5, 0.6) is 0 Å². The molecule has 1 amide bonds. The van der Waals surface area contributed by atoms with Crippen molar-refractivity contribution >= 4 is 23.3 Å². The fourth-order valence-electron chi connectivity index (χ4n) is 1.13. The van der Waals surface area contributed by atoms with E-state index in [-0.39, 0.29) is 18.3 Å². The molecule has 1 aromatic rings. The second kappa shape index (κ2) is 6.34. The molecule has 0 saturated carbocycles. The predicted molar refractivity (Wildman–Crippen MR) is 66.2 cm³/mol. The van der Waals surface area contributed by atoms with Gasteiger partial charge in [-0.3, -0.25) is 9.59 Å². The molecule has 0 aromatic heterocycles. The molecular weight excluding hydrogens is 234 g/mol. The van der Waals surface area contributed by atoms with E-state index in [1.54, 1.807) is 12.1 Å². The highest BCUT2D eigenvalue weighted by molar-refractivity contribution is 5.99. The molecular formula is C13H13NO4. The van der Waals surface area contributed by atoms with E-state index in [4.69, 9.17) is 4.74 Å². The van der Waals surface area contributed by atoms with Gasteiger partial charge in [0.15, 0.2) is 5.78 Å². The van der Waals surface area contributed by atoms with Crippen molar-refractivity contribution in [2.45, 2.75) is 6.92 Å². The first-order valence-corrected chi connectivity index (χ1v) is 5.23. The number of rotatable bonds is 5. The molecule has 94 valence electrons. The zero-order valence-corrected chi connectivity index (χ0v) is 9.93. The Morgan fingerprint density at radius 2 is 1.89 bits per heavy atom. The first-order valence-electron chi connectivity index (χ1n) is 5.23. The van der Waals surface area contributed by atoms with E-state index in [2.05, 4.69) is 11.9 Å². The highest BCUT2D eigenvalue weighted by atomic mass is 16.5. The fraction of sp³-hybridized carbons (Fsp3) is 0.154. The molecule has 0 saturated heterocycles. The molecule has 5 nitrogen and oxygen atoms in total. The van der Waals surface area contributed by atoms with Crippen molar-refractivity contribution in [1.82, 2.24) is 0 Å². The predicted octanol–water partition coefficient (Wildman–Crippen LogP) is 1.56. The second-order valence-electron chi connectivity index (χ2n) is 3.55. The molecule has 0 aliphatic rings. The van der Waals surface area contributed by atoms with Crippen molar-refractivity contribution in [2.75, 3.05) is 11.9 Å². The summed E-state index contributed by atoms with van der Waals surface area (Å²) in [7, 11) is 0. The molecule has 0 unspecified atom stereocenters. The lowest BCUT2D eigenvalue weighted by Crippen LogP contribution is -2.12. The maximum absolute atomic E-state index is 11.5. The van der Waals surface area contributed by atoms with Crippen LogP contribution in [0.25, 0.3) is 0 Å². The van der Waals surface area contributed by atoms with Crippen molar-refractivity contribution < 1.29 is 19.1 Å². The quantitative estimate of drug-likeness (QED) is 0.633. The molecule has 0 bridgehead atoms. The molecule has 1 N–H and O–H groups in total. The third-order valence-corrected chi connectivity index (χ3v) is 1.98. The average Bonchev–Trinajstić information content (AvgIpc) is 2.36. The number of nitrogens with one attached hydrogen (secondary N) is 1. The topological polar surface area (TPSA) is 72.5 Å². The van der Waals surface area contributed by atoms with Gasteiger partial charge < -0.3 is 10.1 Å². The summed E-state index contributed by atoms with van der Waals surface area (Å²) < 4.78 is 4.74. The van der Waals surface area contributed by atoms with Crippen LogP contribution in [0.1, 0.15) is 17.3 Å². The van der Waals surface area contributed by atoms with E-state index in [9.17, 15) is 14.4 Å². The summed E-state index contributed by atoms with van der Waals surface area (Å²) in [4.78, 5) is 33.1. The maximum Gasteiger partial charge on any atom is 0.338 e. The summed E-state index contributed by atoms with van der Waals surface area (Å²) in [5, 5.41) is 2.54. The van der Waals surface area contributed by atoms with Crippen LogP contribution in [-0.4, -0.2) is 24.3 Å². The van der Waals surface area contributed by atoms with Crippen molar-refractivity contribution in [3.8, 4) is 0 Å². The molecule has 0 heterocycles. The van der Waals surface area contributed by atoms with Gasteiger partial charge in [0.05, 0.1) is 5.56 Å². The van der Waals surface area contributed by atoms with Gasteiger partial charge in [0, 0.05) is 5.69 Å². The van der Waals surface area contributed by atoms with E-state index >= 15 is 0 Å². The number of carbonyl (C=O) groups is 3. The monoisotopic (exact) mass is 247 g/mol. The number of anilines is 1. The summed E-state index contributed by atoms with van der Waals surface area (Å²) in [6.07, 6.45) is 1.15. The highest BCUT2D eigenvalue weighted by Gasteiger charge is 2.08. The van der Waals surface area contributed by atoms with Crippen molar-refractivity contribution in [2.24, 2.45) is 0 Å². The van der Waals surface area contributed by atoms with Crippen LogP contribution in [0, 0.1) is 0 Å². The van der Waals surface area contributed by atoms with Gasteiger partial charge in [-0.2, -0.15) is 0 Å². The van der Waals surface area contributed by atoms with Crippen molar-refractivity contribution in [3.63, 3.8) is 0 Å². The maximum atomic E-state index is 11.5. The molecule has 18 heavy (non-hydrogen) atoms. The Balaban J connectivity index is 2.64. The standard InChI is InChI=1S/C13H13NO4/c1-3-12(16)14-11-6-4-10(5-7-11)13(17)18-8-9(2)15/h3-7H,1,8H2,2H3,(H,14,16).